The first-order chi connectivity index (χ1) is 19.3. The molecule has 5 atom stereocenters. The highest BCUT2D eigenvalue weighted by Gasteiger charge is 2.47. The van der Waals surface area contributed by atoms with Crippen LogP contribution in [0.1, 0.15) is 51.0 Å². The quantitative estimate of drug-likeness (QED) is 0.256. The molecule has 0 aliphatic heterocycles. The molecule has 2 aromatic rings. The Bertz CT molecular complexity index is 1240. The van der Waals surface area contributed by atoms with E-state index in [1.165, 1.54) is 0 Å². The number of hydrogen-bond donors (Lipinski definition) is 1. The number of carbonyl (C=O) groups excluding carboxylic acids is 2. The highest BCUT2D eigenvalue weighted by atomic mass is 16.5. The molecule has 1 aromatic heterocycles. The van der Waals surface area contributed by atoms with Crippen molar-refractivity contribution in [1.82, 2.24) is 15.2 Å². The fourth-order valence-corrected chi connectivity index (χ4v) is 5.69. The smallest absolute Gasteiger partial charge is 0.226 e. The standard InChI is InChI=1S/C32H43N3O5/c1-7-10-11-12-15-35(5)32(37)25-18-22(17-24(25)31(36)33-26-16-21(26)8-2)40-28-19-29(39-9-3)34-30-20(4)27(38-6)14-13-23(28)30/h7-8,13-14,19,21-22,24-26H,1-2,9-12,15-18H2,3-6H3,(H,33,36)/t21-,22-,24-,25-,26?/m1/s1. The largest absolute Gasteiger partial charge is 0.496 e. The van der Waals surface area contributed by atoms with Gasteiger partial charge >= 0.3 is 0 Å². The van der Waals surface area contributed by atoms with E-state index < -0.39 is 11.8 Å². The average molecular weight is 550 g/mol. The summed E-state index contributed by atoms with van der Waals surface area (Å²) in [7, 11) is 3.46. The number of pyridine rings is 1. The van der Waals surface area contributed by atoms with E-state index in [1.54, 1.807) is 18.1 Å². The van der Waals surface area contributed by atoms with E-state index in [0.29, 0.717) is 43.5 Å². The summed E-state index contributed by atoms with van der Waals surface area (Å²) in [6.45, 7) is 12.6. The molecule has 1 aromatic carbocycles. The molecule has 2 aliphatic carbocycles. The van der Waals surface area contributed by atoms with Gasteiger partial charge < -0.3 is 24.4 Å². The predicted molar refractivity (Wildman–Crippen MR) is 157 cm³/mol. The molecule has 0 radical (unpaired) electrons. The lowest BCUT2D eigenvalue weighted by atomic mass is 9.93. The van der Waals surface area contributed by atoms with Gasteiger partial charge in [0.2, 0.25) is 17.7 Å². The number of benzene rings is 1. The van der Waals surface area contributed by atoms with Crippen molar-refractivity contribution in [3.63, 3.8) is 0 Å². The molecule has 2 fully saturated rings. The SMILES string of the molecule is C=CCCCCN(C)C(=O)[C@@H]1C[C@H](Oc2cc(OCC)nc3c(C)c(OC)ccc23)C[C@H]1C(=O)NC1C[C@H]1C=C. The number of nitrogens with zero attached hydrogens (tertiary/aromatic N) is 2. The van der Waals surface area contributed by atoms with Crippen LogP contribution in [0.5, 0.6) is 17.4 Å². The fraction of sp³-hybridized carbons (Fsp3) is 0.531. The summed E-state index contributed by atoms with van der Waals surface area (Å²) in [5, 5.41) is 3.99. The Morgan fingerprint density at radius 2 is 1.93 bits per heavy atom. The molecule has 8 heteroatoms. The molecule has 40 heavy (non-hydrogen) atoms. The van der Waals surface area contributed by atoms with Crippen LogP contribution in [0, 0.1) is 24.7 Å². The summed E-state index contributed by atoms with van der Waals surface area (Å²) in [4.78, 5) is 33.5. The summed E-state index contributed by atoms with van der Waals surface area (Å²) in [6.07, 6.45) is 8.09. The van der Waals surface area contributed by atoms with Crippen LogP contribution in [0.2, 0.25) is 0 Å². The third-order valence-corrected chi connectivity index (χ3v) is 8.10. The van der Waals surface area contributed by atoms with E-state index in [9.17, 15) is 9.59 Å². The number of amides is 2. The normalized spacial score (nSPS) is 23.4. The highest BCUT2D eigenvalue weighted by Crippen LogP contribution is 2.41. The minimum Gasteiger partial charge on any atom is -0.496 e. The second-order valence-corrected chi connectivity index (χ2v) is 10.9. The van der Waals surface area contributed by atoms with Crippen LogP contribution in [0.3, 0.4) is 0 Å². The van der Waals surface area contributed by atoms with Crippen molar-refractivity contribution in [2.45, 2.75) is 64.5 Å². The first-order valence-electron chi connectivity index (χ1n) is 14.4. The Labute approximate surface area is 237 Å². The number of ether oxygens (including phenoxy) is 3. The number of allylic oxidation sites excluding steroid dienone is 1. The van der Waals surface area contributed by atoms with E-state index in [4.69, 9.17) is 19.2 Å². The molecule has 216 valence electrons. The number of methoxy groups -OCH3 is 1. The zero-order valence-corrected chi connectivity index (χ0v) is 24.3. The first kappa shape index (κ1) is 29.4. The van der Waals surface area contributed by atoms with Crippen molar-refractivity contribution in [3.8, 4) is 17.4 Å². The van der Waals surface area contributed by atoms with Gasteiger partial charge in [-0.05, 0) is 70.4 Å². The maximum absolute atomic E-state index is 13.6. The predicted octanol–water partition coefficient (Wildman–Crippen LogP) is 5.23. The molecule has 1 heterocycles. The van der Waals surface area contributed by atoms with Gasteiger partial charge in [0.1, 0.15) is 17.6 Å². The molecule has 0 spiro atoms. The summed E-state index contributed by atoms with van der Waals surface area (Å²) in [5.74, 6) is 1.14. The van der Waals surface area contributed by atoms with E-state index >= 15 is 0 Å². The van der Waals surface area contributed by atoms with Gasteiger partial charge in [-0.25, -0.2) is 4.98 Å². The summed E-state index contributed by atoms with van der Waals surface area (Å²) >= 11 is 0. The fourth-order valence-electron chi connectivity index (χ4n) is 5.69. The van der Waals surface area contributed by atoms with Gasteiger partial charge in [-0.1, -0.05) is 12.2 Å². The van der Waals surface area contributed by atoms with Crippen LogP contribution in [0.25, 0.3) is 10.9 Å². The van der Waals surface area contributed by atoms with Crippen molar-refractivity contribution in [3.05, 3.63) is 49.1 Å². The molecule has 8 nitrogen and oxygen atoms in total. The van der Waals surface area contributed by atoms with Gasteiger partial charge in [0.15, 0.2) is 0 Å². The number of carbonyl (C=O) groups is 2. The molecule has 2 amide bonds. The molecule has 1 unspecified atom stereocenters. The maximum Gasteiger partial charge on any atom is 0.226 e. The van der Waals surface area contributed by atoms with Gasteiger partial charge in [-0.2, -0.15) is 0 Å². The van der Waals surface area contributed by atoms with Gasteiger partial charge in [0, 0.05) is 36.7 Å². The highest BCUT2D eigenvalue weighted by molar-refractivity contribution is 5.90. The Hall–Kier alpha value is -3.55. The van der Waals surface area contributed by atoms with Crippen LogP contribution >= 0.6 is 0 Å². The molecule has 1 N–H and O–H groups in total. The minimum atomic E-state index is -0.458. The zero-order valence-electron chi connectivity index (χ0n) is 24.3. The summed E-state index contributed by atoms with van der Waals surface area (Å²) in [5.41, 5.74) is 1.63. The van der Waals surface area contributed by atoms with Crippen LogP contribution < -0.4 is 19.5 Å². The Kier molecular flexibility index (Phi) is 9.71. The summed E-state index contributed by atoms with van der Waals surface area (Å²) in [6, 6.07) is 5.73. The van der Waals surface area contributed by atoms with Crippen molar-refractivity contribution < 1.29 is 23.8 Å². The van der Waals surface area contributed by atoms with Crippen LogP contribution in [0.4, 0.5) is 0 Å². The number of aromatic nitrogens is 1. The van der Waals surface area contributed by atoms with Crippen molar-refractivity contribution in [2.75, 3.05) is 27.3 Å². The monoisotopic (exact) mass is 549 g/mol. The Morgan fingerprint density at radius 1 is 1.15 bits per heavy atom. The molecular weight excluding hydrogens is 506 g/mol. The molecule has 0 saturated heterocycles. The van der Waals surface area contributed by atoms with Gasteiger partial charge in [0.05, 0.1) is 31.1 Å². The lowest BCUT2D eigenvalue weighted by Gasteiger charge is -2.24. The lowest BCUT2D eigenvalue weighted by molar-refractivity contribution is -0.139. The first-order valence-corrected chi connectivity index (χ1v) is 14.4. The topological polar surface area (TPSA) is 90.0 Å². The average Bonchev–Trinajstić information content (AvgIpc) is 3.57. The summed E-state index contributed by atoms with van der Waals surface area (Å²) < 4.78 is 17.8. The van der Waals surface area contributed by atoms with Crippen molar-refractivity contribution in [1.29, 1.82) is 0 Å². The van der Waals surface area contributed by atoms with E-state index in [0.717, 1.165) is 47.9 Å². The van der Waals surface area contributed by atoms with Crippen molar-refractivity contribution in [2.24, 2.45) is 17.8 Å². The minimum absolute atomic E-state index is 0.00362. The van der Waals surface area contributed by atoms with Crippen LogP contribution in [-0.2, 0) is 9.59 Å². The van der Waals surface area contributed by atoms with Gasteiger partial charge in [-0.15, -0.1) is 13.2 Å². The van der Waals surface area contributed by atoms with Crippen LogP contribution in [-0.4, -0.2) is 61.2 Å². The third kappa shape index (κ3) is 6.60. The molecular formula is C32H43N3O5. The van der Waals surface area contributed by atoms with Crippen LogP contribution in [0.15, 0.2) is 43.5 Å². The molecule has 2 saturated carbocycles. The second kappa shape index (κ2) is 13.2. The second-order valence-electron chi connectivity index (χ2n) is 10.9. The van der Waals surface area contributed by atoms with E-state index in [1.807, 2.05) is 45.2 Å². The van der Waals surface area contributed by atoms with E-state index in [2.05, 4.69) is 18.5 Å². The zero-order chi connectivity index (χ0) is 28.8. The Morgan fingerprint density at radius 3 is 2.60 bits per heavy atom. The lowest BCUT2D eigenvalue weighted by Crippen LogP contribution is -2.41. The number of rotatable bonds is 14. The van der Waals surface area contributed by atoms with Gasteiger partial charge in [0.25, 0.3) is 0 Å². The maximum atomic E-state index is 13.6. The van der Waals surface area contributed by atoms with Crippen molar-refractivity contribution >= 4 is 22.7 Å². The molecule has 0 bridgehead atoms. The number of hydrogen-bond acceptors (Lipinski definition) is 6. The number of nitrogens with one attached hydrogen (secondary N) is 1. The number of fused-ring (bicyclic) bond motifs is 1. The Balaban J connectivity index is 1.57. The number of aryl methyl sites for hydroxylation is 1. The third-order valence-electron chi connectivity index (χ3n) is 8.10. The van der Waals surface area contributed by atoms with Gasteiger partial charge in [-0.3, -0.25) is 9.59 Å². The number of unbranched alkanes of at least 4 members (excludes halogenated alkanes) is 2. The molecule has 4 rings (SSSR count). The van der Waals surface area contributed by atoms with E-state index in [-0.39, 0.29) is 24.0 Å². The molecule has 2 aliphatic rings.